The molecular weight excluding hydrogens is 350 g/mol. The molecule has 1 aromatic carbocycles. The van der Waals surface area contributed by atoms with Crippen molar-refractivity contribution in [2.24, 2.45) is 4.99 Å². The molecular formula is C17H12ClNO2S2. The molecule has 0 amide bonds. The number of benzene rings is 1. The van der Waals surface area contributed by atoms with Crippen LogP contribution in [0, 0.1) is 0 Å². The van der Waals surface area contributed by atoms with E-state index in [1.54, 1.807) is 12.2 Å². The number of thioether (sulfide) groups is 2. The minimum atomic E-state index is -0.0720. The summed E-state index contributed by atoms with van der Waals surface area (Å²) in [5, 5.41) is 0.576. The lowest BCUT2D eigenvalue weighted by atomic mass is 10.2. The first-order valence-corrected chi connectivity index (χ1v) is 8.96. The molecule has 0 aliphatic carbocycles. The van der Waals surface area contributed by atoms with Crippen LogP contribution in [0.4, 0.5) is 0 Å². The highest BCUT2D eigenvalue weighted by Crippen LogP contribution is 2.32. The maximum absolute atomic E-state index is 12.0. The van der Waals surface area contributed by atoms with Crippen molar-refractivity contribution < 1.29 is 9.21 Å². The quantitative estimate of drug-likeness (QED) is 0.533. The summed E-state index contributed by atoms with van der Waals surface area (Å²) in [4.78, 5) is 16.3. The maximum atomic E-state index is 12.0. The number of aliphatic imine (C=N–C) groups is 1. The van der Waals surface area contributed by atoms with Gasteiger partial charge in [0.25, 0.3) is 0 Å². The minimum Gasteiger partial charge on any atom is -0.457 e. The SMILES string of the molecule is C=CCSC1=N/C(=C\c2ccc(-c3cccc(Cl)c3)o2)C(=O)S1. The fourth-order valence-electron chi connectivity index (χ4n) is 1.94. The summed E-state index contributed by atoms with van der Waals surface area (Å²) in [6.45, 7) is 3.66. The number of hydrogen-bond acceptors (Lipinski definition) is 5. The van der Waals surface area contributed by atoms with Crippen LogP contribution in [0.5, 0.6) is 0 Å². The summed E-state index contributed by atoms with van der Waals surface area (Å²) in [5.41, 5.74) is 1.29. The van der Waals surface area contributed by atoms with Gasteiger partial charge in [0.1, 0.15) is 21.6 Å². The van der Waals surface area contributed by atoms with E-state index in [0.29, 0.717) is 22.2 Å². The van der Waals surface area contributed by atoms with E-state index in [2.05, 4.69) is 11.6 Å². The Bertz CT molecular complexity index is 824. The molecule has 2 aromatic rings. The second-order valence-corrected chi connectivity index (χ2v) is 7.27. The summed E-state index contributed by atoms with van der Waals surface area (Å²) >= 11 is 8.62. The van der Waals surface area contributed by atoms with E-state index in [1.807, 2.05) is 36.4 Å². The van der Waals surface area contributed by atoms with Crippen LogP contribution in [-0.2, 0) is 4.79 Å². The first-order valence-electron chi connectivity index (χ1n) is 6.78. The molecule has 0 bridgehead atoms. The van der Waals surface area contributed by atoms with Crippen LogP contribution >= 0.6 is 35.1 Å². The van der Waals surface area contributed by atoms with Crippen LogP contribution in [0.2, 0.25) is 5.02 Å². The molecule has 1 aliphatic heterocycles. The molecule has 6 heteroatoms. The van der Waals surface area contributed by atoms with E-state index >= 15 is 0 Å². The summed E-state index contributed by atoms with van der Waals surface area (Å²) in [7, 11) is 0. The number of furan rings is 1. The number of halogens is 1. The first kappa shape index (κ1) is 16.2. The van der Waals surface area contributed by atoms with Crippen LogP contribution in [-0.4, -0.2) is 15.2 Å². The van der Waals surface area contributed by atoms with Gasteiger partial charge in [-0.3, -0.25) is 4.79 Å². The molecule has 3 nitrogen and oxygen atoms in total. The molecule has 1 aliphatic rings. The fourth-order valence-corrected chi connectivity index (χ4v) is 3.74. The Hall–Kier alpha value is -1.69. The van der Waals surface area contributed by atoms with Crippen LogP contribution in [0.25, 0.3) is 17.4 Å². The summed E-state index contributed by atoms with van der Waals surface area (Å²) < 4.78 is 6.50. The van der Waals surface area contributed by atoms with Crippen LogP contribution in [0.1, 0.15) is 5.76 Å². The smallest absolute Gasteiger partial charge is 0.244 e. The van der Waals surface area contributed by atoms with E-state index in [4.69, 9.17) is 16.0 Å². The van der Waals surface area contributed by atoms with Gasteiger partial charge in [-0.25, -0.2) is 4.99 Å². The fraction of sp³-hybridized carbons (Fsp3) is 0.0588. The molecule has 23 heavy (non-hydrogen) atoms. The van der Waals surface area contributed by atoms with E-state index in [0.717, 1.165) is 27.5 Å². The zero-order chi connectivity index (χ0) is 16.2. The van der Waals surface area contributed by atoms with Gasteiger partial charge in [-0.05, 0) is 36.0 Å². The van der Waals surface area contributed by atoms with Gasteiger partial charge in [-0.1, -0.05) is 41.6 Å². The Morgan fingerprint density at radius 2 is 2.22 bits per heavy atom. The third-order valence-corrected chi connectivity index (χ3v) is 5.18. The summed E-state index contributed by atoms with van der Waals surface area (Å²) in [6, 6.07) is 11.1. The van der Waals surface area contributed by atoms with Gasteiger partial charge in [-0.15, -0.1) is 6.58 Å². The number of carbonyl (C=O) groups excluding carboxylic acids is 1. The van der Waals surface area contributed by atoms with Gasteiger partial charge in [0, 0.05) is 22.4 Å². The van der Waals surface area contributed by atoms with Gasteiger partial charge < -0.3 is 4.42 Å². The molecule has 0 N–H and O–H groups in total. The number of hydrogen-bond donors (Lipinski definition) is 0. The highest BCUT2D eigenvalue weighted by atomic mass is 35.5. The molecule has 0 fully saturated rings. The monoisotopic (exact) mass is 361 g/mol. The molecule has 3 rings (SSSR count). The molecule has 1 aromatic heterocycles. The van der Waals surface area contributed by atoms with Crippen molar-refractivity contribution in [1.82, 2.24) is 0 Å². The van der Waals surface area contributed by atoms with Crippen molar-refractivity contribution in [2.45, 2.75) is 0 Å². The summed E-state index contributed by atoms with van der Waals surface area (Å²) in [5.74, 6) is 2.01. The van der Waals surface area contributed by atoms with Crippen molar-refractivity contribution in [3.05, 3.63) is 65.5 Å². The predicted octanol–water partition coefficient (Wildman–Crippen LogP) is 5.49. The van der Waals surface area contributed by atoms with Gasteiger partial charge >= 0.3 is 0 Å². The Labute approximate surface area is 147 Å². The largest absolute Gasteiger partial charge is 0.457 e. The minimum absolute atomic E-state index is 0.0720. The predicted molar refractivity (Wildman–Crippen MR) is 99.8 cm³/mol. The molecule has 0 saturated heterocycles. The van der Waals surface area contributed by atoms with E-state index in [1.165, 1.54) is 11.8 Å². The van der Waals surface area contributed by atoms with Crippen molar-refractivity contribution in [1.29, 1.82) is 0 Å². The standard InChI is InChI=1S/C17H12ClNO2S2/c1-2-8-22-17-19-14(16(20)23-17)10-13-6-7-15(21-13)11-4-3-5-12(18)9-11/h2-7,9-10H,1,8H2/b14-10-. The Morgan fingerprint density at radius 1 is 1.35 bits per heavy atom. The summed E-state index contributed by atoms with van der Waals surface area (Å²) in [6.07, 6.45) is 3.44. The Kier molecular flexibility index (Phi) is 5.10. The third-order valence-electron chi connectivity index (χ3n) is 2.94. The molecule has 0 atom stereocenters. The highest BCUT2D eigenvalue weighted by Gasteiger charge is 2.22. The number of rotatable bonds is 4. The van der Waals surface area contributed by atoms with Crippen molar-refractivity contribution in [3.63, 3.8) is 0 Å². The third kappa shape index (κ3) is 3.99. The second-order valence-electron chi connectivity index (χ2n) is 4.61. The molecule has 0 radical (unpaired) electrons. The molecule has 0 unspecified atom stereocenters. The zero-order valence-electron chi connectivity index (χ0n) is 12.0. The average Bonchev–Trinajstić information content (AvgIpc) is 3.13. The van der Waals surface area contributed by atoms with Crippen LogP contribution in [0.15, 0.2) is 64.2 Å². The topological polar surface area (TPSA) is 42.6 Å². The molecule has 0 spiro atoms. The van der Waals surface area contributed by atoms with Gasteiger partial charge in [0.2, 0.25) is 5.12 Å². The highest BCUT2D eigenvalue weighted by molar-refractivity contribution is 8.45. The lowest BCUT2D eigenvalue weighted by Gasteiger charge is -1.97. The first-order chi connectivity index (χ1) is 11.2. The van der Waals surface area contributed by atoms with E-state index in [-0.39, 0.29) is 5.12 Å². The van der Waals surface area contributed by atoms with Gasteiger partial charge in [0.15, 0.2) is 0 Å². The zero-order valence-corrected chi connectivity index (χ0v) is 14.4. The number of nitrogens with zero attached hydrogens (tertiary/aromatic N) is 1. The second kappa shape index (κ2) is 7.25. The molecule has 116 valence electrons. The molecule has 2 heterocycles. The van der Waals surface area contributed by atoms with Crippen molar-refractivity contribution >= 4 is 50.7 Å². The normalized spacial score (nSPS) is 16.0. The van der Waals surface area contributed by atoms with Gasteiger partial charge in [-0.2, -0.15) is 0 Å². The lowest BCUT2D eigenvalue weighted by Crippen LogP contribution is -1.87. The average molecular weight is 362 g/mol. The maximum Gasteiger partial charge on any atom is 0.244 e. The Balaban J connectivity index is 1.82. The lowest BCUT2D eigenvalue weighted by molar-refractivity contribution is -0.107. The van der Waals surface area contributed by atoms with E-state index < -0.39 is 0 Å². The van der Waals surface area contributed by atoms with Gasteiger partial charge in [0.05, 0.1) is 0 Å². The van der Waals surface area contributed by atoms with Crippen LogP contribution in [0.3, 0.4) is 0 Å². The Morgan fingerprint density at radius 3 is 3.00 bits per heavy atom. The van der Waals surface area contributed by atoms with Crippen LogP contribution < -0.4 is 0 Å². The molecule has 0 saturated carbocycles. The van der Waals surface area contributed by atoms with E-state index in [9.17, 15) is 4.79 Å². The van der Waals surface area contributed by atoms with Crippen molar-refractivity contribution in [3.8, 4) is 11.3 Å². The number of carbonyl (C=O) groups is 1. The van der Waals surface area contributed by atoms with Crippen molar-refractivity contribution in [2.75, 3.05) is 5.75 Å².